The number of phenolic OH excluding ortho intramolecular Hbond substituents is 1. The first-order chi connectivity index (χ1) is 8.99. The molecule has 0 aliphatic rings. The Hall–Kier alpha value is -2.30. The van der Waals surface area contributed by atoms with Crippen LogP contribution in [0.1, 0.15) is 40.3 Å². The van der Waals surface area contributed by atoms with Gasteiger partial charge >= 0.3 is 0 Å². The minimum Gasteiger partial charge on any atom is -0.508 e. The average Bonchev–Trinajstić information content (AvgIpc) is 2.69. The lowest BCUT2D eigenvalue weighted by molar-refractivity contribution is 0.0939. The molecule has 19 heavy (non-hydrogen) atoms. The van der Waals surface area contributed by atoms with Crippen LogP contribution in [0.4, 0.5) is 0 Å². The van der Waals surface area contributed by atoms with Crippen molar-refractivity contribution in [2.45, 2.75) is 26.8 Å². The lowest BCUT2D eigenvalue weighted by Crippen LogP contribution is -2.27. The number of aromatic nitrogens is 1. The van der Waals surface area contributed by atoms with E-state index in [1.807, 2.05) is 20.8 Å². The fraction of sp³-hybridized carbons (Fsp3) is 0.286. The number of benzene rings is 1. The zero-order valence-electron chi connectivity index (χ0n) is 11.1. The quantitative estimate of drug-likeness (QED) is 0.889. The van der Waals surface area contributed by atoms with E-state index in [9.17, 15) is 9.90 Å². The number of aryl methyl sites for hydroxylation is 2. The summed E-state index contributed by atoms with van der Waals surface area (Å²) in [6, 6.07) is 5.92. The number of aromatic hydroxyl groups is 1. The Morgan fingerprint density at radius 1 is 1.32 bits per heavy atom. The van der Waals surface area contributed by atoms with Crippen LogP contribution in [0.15, 0.2) is 28.8 Å². The summed E-state index contributed by atoms with van der Waals surface area (Å²) in [6.07, 6.45) is 0. The Bertz CT molecular complexity index is 568. The molecule has 0 aliphatic carbocycles. The number of rotatable bonds is 3. The number of carbonyl (C=O) groups excluding carboxylic acids is 1. The van der Waals surface area contributed by atoms with Crippen molar-refractivity contribution in [3.8, 4) is 5.75 Å². The molecule has 2 aromatic rings. The average molecular weight is 260 g/mol. The Morgan fingerprint density at radius 3 is 2.47 bits per heavy atom. The summed E-state index contributed by atoms with van der Waals surface area (Å²) in [7, 11) is 0. The Morgan fingerprint density at radius 2 is 1.95 bits per heavy atom. The van der Waals surface area contributed by atoms with E-state index in [0.29, 0.717) is 11.3 Å². The van der Waals surface area contributed by atoms with Crippen molar-refractivity contribution < 1.29 is 14.4 Å². The van der Waals surface area contributed by atoms with Crippen LogP contribution in [0.5, 0.6) is 5.75 Å². The van der Waals surface area contributed by atoms with Crippen LogP contribution >= 0.6 is 0 Å². The van der Waals surface area contributed by atoms with E-state index >= 15 is 0 Å². The Balaban J connectivity index is 2.13. The summed E-state index contributed by atoms with van der Waals surface area (Å²) < 4.78 is 5.09. The van der Waals surface area contributed by atoms with Crippen LogP contribution in [0.3, 0.4) is 0 Å². The summed E-state index contributed by atoms with van der Waals surface area (Å²) in [5.74, 6) is 0.638. The van der Waals surface area contributed by atoms with Gasteiger partial charge in [-0.05, 0) is 45.0 Å². The van der Waals surface area contributed by atoms with Gasteiger partial charge in [-0.3, -0.25) is 4.79 Å². The molecule has 2 rings (SSSR count). The Labute approximate surface area is 111 Å². The van der Waals surface area contributed by atoms with E-state index in [-0.39, 0.29) is 17.7 Å². The highest BCUT2D eigenvalue weighted by Crippen LogP contribution is 2.21. The molecule has 5 nitrogen and oxygen atoms in total. The van der Waals surface area contributed by atoms with Crippen molar-refractivity contribution in [2.75, 3.05) is 0 Å². The van der Waals surface area contributed by atoms with Gasteiger partial charge in [0, 0.05) is 11.1 Å². The van der Waals surface area contributed by atoms with Gasteiger partial charge in [0.05, 0.1) is 11.7 Å². The van der Waals surface area contributed by atoms with Crippen molar-refractivity contribution in [3.05, 3.63) is 46.8 Å². The van der Waals surface area contributed by atoms with Gasteiger partial charge in [-0.1, -0.05) is 5.16 Å². The largest absolute Gasteiger partial charge is 0.508 e. The monoisotopic (exact) mass is 260 g/mol. The molecule has 1 aromatic heterocycles. The third-order valence-electron chi connectivity index (χ3n) is 3.00. The molecule has 0 saturated heterocycles. The molecule has 1 heterocycles. The fourth-order valence-electron chi connectivity index (χ4n) is 2.07. The van der Waals surface area contributed by atoms with Gasteiger partial charge < -0.3 is 14.9 Å². The molecule has 1 unspecified atom stereocenters. The van der Waals surface area contributed by atoms with E-state index in [2.05, 4.69) is 10.5 Å². The van der Waals surface area contributed by atoms with Gasteiger partial charge in [-0.15, -0.1) is 0 Å². The van der Waals surface area contributed by atoms with Crippen LogP contribution in [0, 0.1) is 13.8 Å². The van der Waals surface area contributed by atoms with Gasteiger partial charge in [0.2, 0.25) is 0 Å². The van der Waals surface area contributed by atoms with Gasteiger partial charge in [0.15, 0.2) is 0 Å². The van der Waals surface area contributed by atoms with E-state index in [4.69, 9.17) is 4.52 Å². The highest BCUT2D eigenvalue weighted by atomic mass is 16.5. The number of nitrogens with one attached hydrogen (secondary N) is 1. The molecule has 1 amide bonds. The third-order valence-corrected chi connectivity index (χ3v) is 3.00. The summed E-state index contributed by atoms with van der Waals surface area (Å²) in [6.45, 7) is 5.54. The number of nitrogens with zero attached hydrogens (tertiary/aromatic N) is 1. The molecule has 0 fully saturated rings. The summed E-state index contributed by atoms with van der Waals surface area (Å²) in [5, 5.41) is 15.9. The second-order valence-corrected chi connectivity index (χ2v) is 4.48. The summed E-state index contributed by atoms with van der Waals surface area (Å²) >= 11 is 0. The predicted octanol–water partition coefficient (Wildman–Crippen LogP) is 2.49. The van der Waals surface area contributed by atoms with Gasteiger partial charge in [-0.25, -0.2) is 0 Å². The predicted molar refractivity (Wildman–Crippen MR) is 70.0 cm³/mol. The normalized spacial score (nSPS) is 12.2. The van der Waals surface area contributed by atoms with E-state index in [0.717, 1.165) is 11.3 Å². The molecule has 0 bridgehead atoms. The van der Waals surface area contributed by atoms with Crippen LogP contribution in [-0.2, 0) is 0 Å². The molecule has 0 aliphatic heterocycles. The molecule has 0 radical (unpaired) electrons. The number of amides is 1. The van der Waals surface area contributed by atoms with Gasteiger partial charge in [-0.2, -0.15) is 0 Å². The second kappa shape index (κ2) is 5.14. The highest BCUT2D eigenvalue weighted by Gasteiger charge is 2.18. The maximum absolute atomic E-state index is 12.0. The molecule has 100 valence electrons. The SMILES string of the molecule is Cc1noc(C)c1C(C)NC(=O)c1ccc(O)cc1. The van der Waals surface area contributed by atoms with Crippen LogP contribution in [-0.4, -0.2) is 16.2 Å². The van der Waals surface area contributed by atoms with Crippen LogP contribution in [0.25, 0.3) is 0 Å². The molecular formula is C14H16N2O3. The highest BCUT2D eigenvalue weighted by molar-refractivity contribution is 5.94. The van der Waals surface area contributed by atoms with Crippen LogP contribution in [0.2, 0.25) is 0 Å². The summed E-state index contributed by atoms with van der Waals surface area (Å²) in [4.78, 5) is 12.0. The maximum Gasteiger partial charge on any atom is 0.251 e. The smallest absolute Gasteiger partial charge is 0.251 e. The lowest BCUT2D eigenvalue weighted by atomic mass is 10.1. The Kier molecular flexibility index (Phi) is 3.55. The van der Waals surface area contributed by atoms with E-state index in [1.54, 1.807) is 12.1 Å². The molecule has 5 heteroatoms. The van der Waals surface area contributed by atoms with Crippen molar-refractivity contribution in [2.24, 2.45) is 0 Å². The minimum atomic E-state index is -0.201. The molecule has 0 saturated carbocycles. The molecule has 1 aromatic carbocycles. The zero-order valence-corrected chi connectivity index (χ0v) is 11.1. The standard InChI is InChI=1S/C14H16N2O3/c1-8(13-9(2)16-19-10(13)3)15-14(18)11-4-6-12(17)7-5-11/h4-8,17H,1-3H3,(H,15,18). The van der Waals surface area contributed by atoms with Gasteiger partial charge in [0.25, 0.3) is 5.91 Å². The van der Waals surface area contributed by atoms with E-state index < -0.39 is 0 Å². The maximum atomic E-state index is 12.0. The number of hydrogen-bond acceptors (Lipinski definition) is 4. The molecule has 2 N–H and O–H groups in total. The van der Waals surface area contributed by atoms with Crippen molar-refractivity contribution in [1.29, 1.82) is 0 Å². The molecular weight excluding hydrogens is 244 g/mol. The van der Waals surface area contributed by atoms with Crippen molar-refractivity contribution in [3.63, 3.8) is 0 Å². The summed E-state index contributed by atoms with van der Waals surface area (Å²) in [5.41, 5.74) is 2.17. The second-order valence-electron chi connectivity index (χ2n) is 4.48. The van der Waals surface area contributed by atoms with Gasteiger partial charge in [0.1, 0.15) is 11.5 Å². The fourth-order valence-corrected chi connectivity index (χ4v) is 2.07. The van der Waals surface area contributed by atoms with Crippen molar-refractivity contribution >= 4 is 5.91 Å². The zero-order chi connectivity index (χ0) is 14.0. The molecule has 1 atom stereocenters. The number of carbonyl (C=O) groups is 1. The lowest BCUT2D eigenvalue weighted by Gasteiger charge is -2.13. The first-order valence-corrected chi connectivity index (χ1v) is 6.01. The number of phenols is 1. The van der Waals surface area contributed by atoms with Crippen LogP contribution < -0.4 is 5.32 Å². The van der Waals surface area contributed by atoms with E-state index in [1.165, 1.54) is 12.1 Å². The van der Waals surface area contributed by atoms with Crippen molar-refractivity contribution in [1.82, 2.24) is 10.5 Å². The molecule has 0 spiro atoms. The first kappa shape index (κ1) is 13.1. The number of hydrogen-bond donors (Lipinski definition) is 2. The topological polar surface area (TPSA) is 75.4 Å². The minimum absolute atomic E-state index is 0.135. The third kappa shape index (κ3) is 2.76. The first-order valence-electron chi connectivity index (χ1n) is 6.01.